The monoisotopic (exact) mass is 294 g/mol. The summed E-state index contributed by atoms with van der Waals surface area (Å²) in [5.74, 6) is 0.802. The first-order chi connectivity index (χ1) is 10.8. The largest absolute Gasteiger partial charge is 0.479 e. The number of hydrogen-bond acceptors (Lipinski definition) is 4. The van der Waals surface area contributed by atoms with Gasteiger partial charge in [-0.2, -0.15) is 0 Å². The fraction of sp³-hybridized carbons (Fsp3) is 0.0588. The SMILES string of the molecule is COc1nc2ccccc2cc1NC(=O)Oc1ccccc1. The summed E-state index contributed by atoms with van der Waals surface area (Å²) in [6.07, 6.45) is -0.596. The van der Waals surface area contributed by atoms with Crippen molar-refractivity contribution in [2.24, 2.45) is 0 Å². The van der Waals surface area contributed by atoms with Gasteiger partial charge in [0.1, 0.15) is 11.4 Å². The van der Waals surface area contributed by atoms with E-state index < -0.39 is 6.09 Å². The van der Waals surface area contributed by atoms with Crippen LogP contribution in [-0.2, 0) is 0 Å². The summed E-state index contributed by atoms with van der Waals surface area (Å²) in [6, 6.07) is 18.2. The molecule has 0 radical (unpaired) electrons. The van der Waals surface area contributed by atoms with Crippen molar-refractivity contribution >= 4 is 22.7 Å². The lowest BCUT2D eigenvalue weighted by molar-refractivity contribution is 0.215. The Labute approximate surface area is 127 Å². The highest BCUT2D eigenvalue weighted by Gasteiger charge is 2.12. The normalized spacial score (nSPS) is 10.2. The first kappa shape index (κ1) is 13.9. The van der Waals surface area contributed by atoms with E-state index in [4.69, 9.17) is 9.47 Å². The van der Waals surface area contributed by atoms with Gasteiger partial charge in [0.05, 0.1) is 12.6 Å². The topological polar surface area (TPSA) is 60.5 Å². The number of carbonyl (C=O) groups excluding carboxylic acids is 1. The van der Waals surface area contributed by atoms with Crippen LogP contribution in [0.5, 0.6) is 11.6 Å². The number of hydrogen-bond donors (Lipinski definition) is 1. The molecule has 3 rings (SSSR count). The van der Waals surface area contributed by atoms with Crippen LogP contribution >= 0.6 is 0 Å². The number of nitrogens with zero attached hydrogens (tertiary/aromatic N) is 1. The number of methoxy groups -OCH3 is 1. The molecular formula is C17H14N2O3. The number of anilines is 1. The maximum absolute atomic E-state index is 12.0. The lowest BCUT2D eigenvalue weighted by Crippen LogP contribution is -2.17. The number of carbonyl (C=O) groups is 1. The van der Waals surface area contributed by atoms with Gasteiger partial charge in [0, 0.05) is 5.39 Å². The molecule has 0 saturated carbocycles. The molecule has 1 aromatic heterocycles. The van der Waals surface area contributed by atoms with Crippen molar-refractivity contribution < 1.29 is 14.3 Å². The third-order valence-corrected chi connectivity index (χ3v) is 3.07. The van der Waals surface area contributed by atoms with E-state index in [1.165, 1.54) is 7.11 Å². The van der Waals surface area contributed by atoms with Crippen molar-refractivity contribution in [1.29, 1.82) is 0 Å². The van der Waals surface area contributed by atoms with Crippen LogP contribution in [0.4, 0.5) is 10.5 Å². The Balaban J connectivity index is 1.84. The predicted octanol–water partition coefficient (Wildman–Crippen LogP) is 3.85. The van der Waals surface area contributed by atoms with Crippen molar-refractivity contribution in [2.45, 2.75) is 0 Å². The maximum Gasteiger partial charge on any atom is 0.417 e. The highest BCUT2D eigenvalue weighted by Crippen LogP contribution is 2.27. The minimum absolute atomic E-state index is 0.337. The lowest BCUT2D eigenvalue weighted by Gasteiger charge is -2.11. The number of amides is 1. The van der Waals surface area contributed by atoms with E-state index in [0.717, 1.165) is 10.9 Å². The fourth-order valence-electron chi connectivity index (χ4n) is 2.07. The van der Waals surface area contributed by atoms with Gasteiger partial charge in [-0.25, -0.2) is 9.78 Å². The van der Waals surface area contributed by atoms with Gasteiger partial charge < -0.3 is 9.47 Å². The van der Waals surface area contributed by atoms with Crippen molar-refractivity contribution in [3.63, 3.8) is 0 Å². The molecule has 0 aliphatic heterocycles. The van der Waals surface area contributed by atoms with E-state index in [0.29, 0.717) is 17.3 Å². The fourth-order valence-corrected chi connectivity index (χ4v) is 2.07. The van der Waals surface area contributed by atoms with Crippen LogP contribution in [0.25, 0.3) is 10.9 Å². The van der Waals surface area contributed by atoms with Gasteiger partial charge in [0.25, 0.3) is 0 Å². The zero-order chi connectivity index (χ0) is 15.4. The Hall–Kier alpha value is -3.08. The van der Waals surface area contributed by atoms with Crippen LogP contribution in [0.1, 0.15) is 0 Å². The summed E-state index contributed by atoms with van der Waals surface area (Å²) in [5.41, 5.74) is 1.25. The molecule has 0 saturated heterocycles. The number of pyridine rings is 1. The zero-order valence-electron chi connectivity index (χ0n) is 11.9. The van der Waals surface area contributed by atoms with Gasteiger partial charge in [-0.05, 0) is 24.3 Å². The Morgan fingerprint density at radius 1 is 1.05 bits per heavy atom. The highest BCUT2D eigenvalue weighted by atomic mass is 16.6. The molecule has 0 spiro atoms. The average molecular weight is 294 g/mol. The third kappa shape index (κ3) is 2.98. The van der Waals surface area contributed by atoms with Gasteiger partial charge in [-0.1, -0.05) is 36.4 Å². The minimum Gasteiger partial charge on any atom is -0.479 e. The van der Waals surface area contributed by atoms with E-state index in [2.05, 4.69) is 10.3 Å². The molecular weight excluding hydrogens is 280 g/mol. The highest BCUT2D eigenvalue weighted by molar-refractivity contribution is 5.92. The van der Waals surface area contributed by atoms with E-state index in [9.17, 15) is 4.79 Å². The molecule has 1 amide bonds. The molecule has 3 aromatic rings. The second-order valence-electron chi connectivity index (χ2n) is 4.57. The Kier molecular flexibility index (Phi) is 3.87. The molecule has 22 heavy (non-hydrogen) atoms. The van der Waals surface area contributed by atoms with Crippen LogP contribution in [-0.4, -0.2) is 18.2 Å². The summed E-state index contributed by atoms with van der Waals surface area (Å²) in [6.45, 7) is 0. The Morgan fingerprint density at radius 2 is 1.77 bits per heavy atom. The van der Waals surface area contributed by atoms with E-state index in [-0.39, 0.29) is 0 Å². The van der Waals surface area contributed by atoms with Crippen molar-refractivity contribution in [2.75, 3.05) is 12.4 Å². The first-order valence-electron chi connectivity index (χ1n) is 6.74. The molecule has 1 heterocycles. The standard InChI is InChI=1S/C17H14N2O3/c1-21-16-15(11-12-7-5-6-10-14(12)18-16)19-17(20)22-13-8-3-2-4-9-13/h2-11H,1H3,(H,19,20). The number of ether oxygens (including phenoxy) is 2. The molecule has 0 bridgehead atoms. The van der Waals surface area contributed by atoms with E-state index in [1.807, 2.05) is 30.3 Å². The Morgan fingerprint density at radius 3 is 2.55 bits per heavy atom. The van der Waals surface area contributed by atoms with Crippen LogP contribution in [0.15, 0.2) is 60.7 Å². The number of para-hydroxylation sites is 2. The van der Waals surface area contributed by atoms with Crippen LogP contribution in [0.3, 0.4) is 0 Å². The molecule has 2 aromatic carbocycles. The summed E-state index contributed by atoms with van der Waals surface area (Å²) in [4.78, 5) is 16.3. The van der Waals surface area contributed by atoms with Gasteiger partial charge in [-0.3, -0.25) is 5.32 Å². The molecule has 0 atom stereocenters. The molecule has 5 nitrogen and oxygen atoms in total. The Bertz CT molecular complexity index is 803. The molecule has 110 valence electrons. The van der Waals surface area contributed by atoms with E-state index in [1.54, 1.807) is 30.3 Å². The third-order valence-electron chi connectivity index (χ3n) is 3.07. The second kappa shape index (κ2) is 6.13. The summed E-state index contributed by atoms with van der Waals surface area (Å²) < 4.78 is 10.4. The van der Waals surface area contributed by atoms with Crippen molar-refractivity contribution in [3.05, 3.63) is 60.7 Å². The van der Waals surface area contributed by atoms with Gasteiger partial charge >= 0.3 is 6.09 Å². The van der Waals surface area contributed by atoms with Crippen molar-refractivity contribution in [1.82, 2.24) is 4.98 Å². The zero-order valence-corrected chi connectivity index (χ0v) is 11.9. The number of fused-ring (bicyclic) bond motifs is 1. The second-order valence-corrected chi connectivity index (χ2v) is 4.57. The average Bonchev–Trinajstić information content (AvgIpc) is 2.55. The van der Waals surface area contributed by atoms with Gasteiger partial charge in [-0.15, -0.1) is 0 Å². The number of nitrogens with one attached hydrogen (secondary N) is 1. The molecule has 0 aliphatic carbocycles. The number of rotatable bonds is 3. The molecule has 0 aliphatic rings. The molecule has 0 unspecified atom stereocenters. The van der Waals surface area contributed by atoms with Gasteiger partial charge in [0.15, 0.2) is 0 Å². The summed E-state index contributed by atoms with van der Waals surface area (Å²) in [5, 5.41) is 3.55. The van der Waals surface area contributed by atoms with E-state index >= 15 is 0 Å². The van der Waals surface area contributed by atoms with Crippen LogP contribution < -0.4 is 14.8 Å². The van der Waals surface area contributed by atoms with Crippen molar-refractivity contribution in [3.8, 4) is 11.6 Å². The first-order valence-corrected chi connectivity index (χ1v) is 6.74. The smallest absolute Gasteiger partial charge is 0.417 e. The van der Waals surface area contributed by atoms with Crippen LogP contribution in [0.2, 0.25) is 0 Å². The number of aromatic nitrogens is 1. The molecule has 0 fully saturated rings. The quantitative estimate of drug-likeness (QED) is 0.797. The molecule has 1 N–H and O–H groups in total. The molecule has 5 heteroatoms. The van der Waals surface area contributed by atoms with Gasteiger partial charge in [0.2, 0.25) is 5.88 Å². The van der Waals surface area contributed by atoms with Crippen LogP contribution in [0, 0.1) is 0 Å². The minimum atomic E-state index is -0.596. The summed E-state index contributed by atoms with van der Waals surface area (Å²) in [7, 11) is 1.50. The summed E-state index contributed by atoms with van der Waals surface area (Å²) >= 11 is 0. The number of benzene rings is 2. The predicted molar refractivity (Wildman–Crippen MR) is 84.4 cm³/mol. The lowest BCUT2D eigenvalue weighted by atomic mass is 10.2. The maximum atomic E-state index is 12.0.